The summed E-state index contributed by atoms with van der Waals surface area (Å²) in [5.41, 5.74) is -0.250. The normalized spacial score (nSPS) is 15.1. The molecular formula is C7H4N4O3. The summed E-state index contributed by atoms with van der Waals surface area (Å²) in [6, 6.07) is 1.63. The second-order valence-corrected chi connectivity index (χ2v) is 2.39. The number of hydrazone groups is 1. The van der Waals surface area contributed by atoms with Crippen LogP contribution in [0.3, 0.4) is 0 Å². The van der Waals surface area contributed by atoms with Gasteiger partial charge in [-0.25, -0.2) is 5.01 Å². The molecule has 0 unspecified atom stereocenters. The lowest BCUT2D eigenvalue weighted by Crippen LogP contribution is -2.27. The molecule has 14 heavy (non-hydrogen) atoms. The first-order valence-corrected chi connectivity index (χ1v) is 3.46. The third-order valence-corrected chi connectivity index (χ3v) is 1.49. The van der Waals surface area contributed by atoms with Gasteiger partial charge in [0.15, 0.2) is 5.71 Å². The molecule has 0 atom stereocenters. The summed E-state index contributed by atoms with van der Waals surface area (Å²) in [5, 5.41) is 14.7. The zero-order valence-electron chi connectivity index (χ0n) is 6.93. The summed E-state index contributed by atoms with van der Waals surface area (Å²) in [5.74, 6) is -1.70. The van der Waals surface area contributed by atoms with Gasteiger partial charge in [0.1, 0.15) is 12.6 Å². The number of carbonyl (C=O) groups is 2. The molecule has 1 heterocycles. The van der Waals surface area contributed by atoms with Crippen molar-refractivity contribution in [3.8, 4) is 6.07 Å². The third-order valence-electron chi connectivity index (χ3n) is 1.49. The number of amides is 2. The van der Waals surface area contributed by atoms with Crippen LogP contribution in [0.5, 0.6) is 0 Å². The molecule has 2 amide bonds. The van der Waals surface area contributed by atoms with E-state index >= 15 is 0 Å². The zero-order chi connectivity index (χ0) is 10.7. The molecule has 7 heteroatoms. The fourth-order valence-electron chi connectivity index (χ4n) is 0.838. The second kappa shape index (κ2) is 3.57. The van der Waals surface area contributed by atoms with Crippen LogP contribution in [0.1, 0.15) is 0 Å². The highest BCUT2D eigenvalue weighted by Gasteiger charge is 2.29. The van der Waals surface area contributed by atoms with Gasteiger partial charge < -0.3 is 0 Å². The predicted octanol–water partition coefficient (Wildman–Crippen LogP) is -0.443. The number of hydrogen-bond acceptors (Lipinski definition) is 5. The van der Waals surface area contributed by atoms with Crippen LogP contribution in [0, 0.1) is 16.2 Å². The van der Waals surface area contributed by atoms with Crippen molar-refractivity contribution >= 4 is 17.5 Å². The van der Waals surface area contributed by atoms with E-state index in [1.54, 1.807) is 6.07 Å². The molecule has 0 N–H and O–H groups in total. The van der Waals surface area contributed by atoms with E-state index in [4.69, 9.17) is 5.26 Å². The molecule has 0 aliphatic carbocycles. The Balaban J connectivity index is 2.84. The molecule has 0 spiro atoms. The van der Waals surface area contributed by atoms with Crippen molar-refractivity contribution < 1.29 is 9.59 Å². The Kier molecular flexibility index (Phi) is 2.48. The van der Waals surface area contributed by atoms with E-state index < -0.39 is 18.4 Å². The molecule has 1 aliphatic heterocycles. The molecule has 0 aromatic heterocycles. The van der Waals surface area contributed by atoms with Gasteiger partial charge in [-0.2, -0.15) is 10.4 Å². The van der Waals surface area contributed by atoms with Gasteiger partial charge in [-0.15, -0.1) is 4.91 Å². The molecule has 0 radical (unpaired) electrons. The molecule has 0 aromatic rings. The molecule has 7 nitrogen and oxygen atoms in total. The first-order chi connectivity index (χ1) is 6.60. The maximum atomic E-state index is 11.2. The van der Waals surface area contributed by atoms with Gasteiger partial charge in [-0.05, 0) is 0 Å². The Labute approximate surface area is 78.3 Å². The van der Waals surface area contributed by atoms with Crippen molar-refractivity contribution in [2.75, 3.05) is 6.54 Å². The number of nitriles is 1. The lowest BCUT2D eigenvalue weighted by Gasteiger charge is -2.06. The maximum Gasteiger partial charge on any atom is 0.307 e. The van der Waals surface area contributed by atoms with Crippen molar-refractivity contribution in [2.24, 2.45) is 10.3 Å². The quantitative estimate of drug-likeness (QED) is 0.436. The van der Waals surface area contributed by atoms with Crippen molar-refractivity contribution in [3.63, 3.8) is 0 Å². The van der Waals surface area contributed by atoms with E-state index in [1.165, 1.54) is 0 Å². The predicted molar refractivity (Wildman–Crippen MR) is 44.7 cm³/mol. The van der Waals surface area contributed by atoms with Gasteiger partial charge in [-0.1, -0.05) is 6.58 Å². The van der Waals surface area contributed by atoms with Gasteiger partial charge in [0.2, 0.25) is 0 Å². The first kappa shape index (κ1) is 9.73. The van der Waals surface area contributed by atoms with Crippen LogP contribution in [0.4, 0.5) is 0 Å². The standard InChI is InChI=1S/C7H4N4O3/c1-4-5(2-8)9-11(7(4)13)3-6(12)10-14/h1,3H2. The Hall–Kier alpha value is -2.36. The van der Waals surface area contributed by atoms with E-state index in [9.17, 15) is 14.5 Å². The summed E-state index contributed by atoms with van der Waals surface area (Å²) in [6.45, 7) is 2.74. The fourth-order valence-corrected chi connectivity index (χ4v) is 0.838. The summed E-state index contributed by atoms with van der Waals surface area (Å²) < 4.78 is 0. The average Bonchev–Trinajstić information content (AvgIpc) is 2.45. The highest BCUT2D eigenvalue weighted by molar-refractivity contribution is 6.30. The highest BCUT2D eigenvalue weighted by Crippen LogP contribution is 2.12. The monoisotopic (exact) mass is 192 g/mol. The van der Waals surface area contributed by atoms with Gasteiger partial charge in [0, 0.05) is 5.18 Å². The minimum atomic E-state index is -1.03. The third kappa shape index (κ3) is 1.54. The summed E-state index contributed by atoms with van der Waals surface area (Å²) in [4.78, 5) is 31.5. The second-order valence-electron chi connectivity index (χ2n) is 2.39. The minimum absolute atomic E-state index is 0.0915. The van der Waals surface area contributed by atoms with Crippen LogP contribution in [-0.2, 0) is 9.59 Å². The van der Waals surface area contributed by atoms with E-state index in [-0.39, 0.29) is 11.3 Å². The van der Waals surface area contributed by atoms with Gasteiger partial charge in [0.25, 0.3) is 5.91 Å². The molecule has 0 bridgehead atoms. The molecule has 0 saturated carbocycles. The largest absolute Gasteiger partial charge is 0.307 e. The Bertz CT molecular complexity index is 404. The minimum Gasteiger partial charge on any atom is -0.267 e. The van der Waals surface area contributed by atoms with Gasteiger partial charge in [0.05, 0.1) is 5.57 Å². The lowest BCUT2D eigenvalue weighted by atomic mass is 10.2. The Morgan fingerprint density at radius 2 is 2.36 bits per heavy atom. The lowest BCUT2D eigenvalue weighted by molar-refractivity contribution is -0.130. The zero-order valence-corrected chi connectivity index (χ0v) is 6.93. The molecule has 1 rings (SSSR count). The number of rotatable bonds is 2. The molecule has 70 valence electrons. The van der Waals surface area contributed by atoms with Crippen LogP contribution < -0.4 is 0 Å². The highest BCUT2D eigenvalue weighted by atomic mass is 16.3. The van der Waals surface area contributed by atoms with Crippen molar-refractivity contribution in [2.45, 2.75) is 0 Å². The average molecular weight is 192 g/mol. The van der Waals surface area contributed by atoms with Gasteiger partial charge >= 0.3 is 5.91 Å². The smallest absolute Gasteiger partial charge is 0.267 e. The number of nitrogens with zero attached hydrogens (tertiary/aromatic N) is 4. The van der Waals surface area contributed by atoms with E-state index in [2.05, 4.69) is 16.9 Å². The van der Waals surface area contributed by atoms with Crippen molar-refractivity contribution in [1.29, 1.82) is 5.26 Å². The SMILES string of the molecule is C=C1C(=O)N(CC(=O)N=O)N=C1C#N. The molecular weight excluding hydrogens is 188 g/mol. The molecule has 1 aliphatic rings. The molecule has 0 fully saturated rings. The van der Waals surface area contributed by atoms with Crippen molar-refractivity contribution in [1.82, 2.24) is 5.01 Å². The fraction of sp³-hybridized carbons (Fsp3) is 0.143. The van der Waals surface area contributed by atoms with Crippen LogP contribution in [0.25, 0.3) is 0 Å². The summed E-state index contributed by atoms with van der Waals surface area (Å²) in [7, 11) is 0. The Morgan fingerprint density at radius 3 is 2.79 bits per heavy atom. The van der Waals surface area contributed by atoms with E-state index in [0.29, 0.717) is 5.01 Å². The maximum absolute atomic E-state index is 11.2. The number of hydrogen-bond donors (Lipinski definition) is 0. The summed E-state index contributed by atoms with van der Waals surface area (Å²) >= 11 is 0. The summed E-state index contributed by atoms with van der Waals surface area (Å²) in [6.07, 6.45) is 0. The van der Waals surface area contributed by atoms with Crippen LogP contribution in [0.2, 0.25) is 0 Å². The van der Waals surface area contributed by atoms with Crippen LogP contribution in [0.15, 0.2) is 22.4 Å². The van der Waals surface area contributed by atoms with Gasteiger partial charge in [-0.3, -0.25) is 9.59 Å². The van der Waals surface area contributed by atoms with Crippen LogP contribution >= 0.6 is 0 Å². The first-order valence-electron chi connectivity index (χ1n) is 3.46. The van der Waals surface area contributed by atoms with E-state index in [0.717, 1.165) is 0 Å². The number of nitroso groups, excluding NO2 is 1. The van der Waals surface area contributed by atoms with E-state index in [1.807, 2.05) is 0 Å². The topological polar surface area (TPSA) is 103 Å². The van der Waals surface area contributed by atoms with Crippen molar-refractivity contribution in [3.05, 3.63) is 17.1 Å². The molecule has 0 saturated heterocycles. The van der Waals surface area contributed by atoms with Crippen LogP contribution in [-0.4, -0.2) is 29.1 Å². The molecule has 0 aromatic carbocycles. The number of carbonyl (C=O) groups excluding carboxylic acids is 2. The Morgan fingerprint density at radius 1 is 1.71 bits per heavy atom.